The number of carbonyl (C=O) groups is 1. The van der Waals surface area contributed by atoms with Crippen molar-refractivity contribution >= 4 is 6.29 Å². The van der Waals surface area contributed by atoms with Crippen molar-refractivity contribution in [3.05, 3.63) is 59.7 Å². The van der Waals surface area contributed by atoms with Gasteiger partial charge in [0.1, 0.15) is 31.0 Å². The van der Waals surface area contributed by atoms with Crippen LogP contribution in [0.15, 0.2) is 48.5 Å². The molecule has 0 N–H and O–H groups in total. The zero-order valence-electron chi connectivity index (χ0n) is 17.6. The van der Waals surface area contributed by atoms with E-state index in [1.165, 1.54) is 44.1 Å². The van der Waals surface area contributed by atoms with Crippen molar-refractivity contribution in [3.63, 3.8) is 0 Å². The molecule has 4 heteroatoms. The average molecular weight is 399 g/mol. The maximum absolute atomic E-state index is 10.6. The van der Waals surface area contributed by atoms with Gasteiger partial charge in [-0.1, -0.05) is 51.2 Å². The smallest absolute Gasteiger partial charge is 0.150 e. The lowest BCUT2D eigenvalue weighted by Crippen LogP contribution is -2.12. The molecule has 2 rings (SSSR count). The highest BCUT2D eigenvalue weighted by Gasteiger charge is 1.98. The van der Waals surface area contributed by atoms with Crippen molar-refractivity contribution in [2.24, 2.45) is 0 Å². The zero-order valence-corrected chi connectivity index (χ0v) is 17.6. The molecule has 0 saturated carbocycles. The van der Waals surface area contributed by atoms with Gasteiger partial charge in [-0.15, -0.1) is 0 Å². The van der Waals surface area contributed by atoms with Crippen LogP contribution in [0.2, 0.25) is 0 Å². The van der Waals surface area contributed by atoms with E-state index in [1.54, 1.807) is 24.3 Å². The van der Waals surface area contributed by atoms with Gasteiger partial charge in [0.15, 0.2) is 0 Å². The summed E-state index contributed by atoms with van der Waals surface area (Å²) in [5.74, 6) is 1.61. The molecule has 0 amide bonds. The summed E-state index contributed by atoms with van der Waals surface area (Å²) in [7, 11) is 0. The third-order valence-corrected chi connectivity index (χ3v) is 4.75. The first kappa shape index (κ1) is 23.0. The van der Waals surface area contributed by atoms with Crippen molar-refractivity contribution in [1.29, 1.82) is 0 Å². The van der Waals surface area contributed by atoms with E-state index in [4.69, 9.17) is 14.2 Å². The summed E-state index contributed by atoms with van der Waals surface area (Å²) in [5.41, 5.74) is 2.02. The van der Waals surface area contributed by atoms with Crippen molar-refractivity contribution in [2.75, 3.05) is 26.4 Å². The van der Waals surface area contributed by atoms with Gasteiger partial charge in [0, 0.05) is 5.56 Å². The lowest BCUT2D eigenvalue weighted by atomic mass is 10.0. The number of hydrogen-bond donors (Lipinski definition) is 0. The Kier molecular flexibility index (Phi) is 11.6. The Hall–Kier alpha value is -2.33. The second kappa shape index (κ2) is 14.6. The molecule has 0 aromatic heterocycles. The Morgan fingerprint density at radius 1 is 0.690 bits per heavy atom. The van der Waals surface area contributed by atoms with Crippen LogP contribution in [-0.4, -0.2) is 32.7 Å². The largest absolute Gasteiger partial charge is 0.491 e. The van der Waals surface area contributed by atoms with E-state index in [9.17, 15) is 4.79 Å². The molecule has 0 aliphatic heterocycles. The molecule has 0 unspecified atom stereocenters. The lowest BCUT2D eigenvalue weighted by molar-refractivity contribution is 0.0764. The van der Waals surface area contributed by atoms with Gasteiger partial charge in [-0.05, 0) is 54.8 Å². The third-order valence-electron chi connectivity index (χ3n) is 4.75. The van der Waals surface area contributed by atoms with Gasteiger partial charge in [-0.3, -0.25) is 4.79 Å². The minimum Gasteiger partial charge on any atom is -0.491 e. The van der Waals surface area contributed by atoms with Gasteiger partial charge >= 0.3 is 0 Å². The van der Waals surface area contributed by atoms with Crippen LogP contribution >= 0.6 is 0 Å². The van der Waals surface area contributed by atoms with Crippen LogP contribution in [0.4, 0.5) is 0 Å². The van der Waals surface area contributed by atoms with E-state index in [2.05, 4.69) is 19.1 Å². The lowest BCUT2D eigenvalue weighted by Gasteiger charge is -2.09. The van der Waals surface area contributed by atoms with E-state index < -0.39 is 0 Å². The van der Waals surface area contributed by atoms with Gasteiger partial charge in [0.25, 0.3) is 0 Å². The molecule has 0 saturated heterocycles. The van der Waals surface area contributed by atoms with Crippen molar-refractivity contribution < 1.29 is 19.0 Å². The summed E-state index contributed by atoms with van der Waals surface area (Å²) >= 11 is 0. The monoisotopic (exact) mass is 398 g/mol. The first-order valence-electron chi connectivity index (χ1n) is 10.8. The summed E-state index contributed by atoms with van der Waals surface area (Å²) in [6.07, 6.45) is 9.93. The normalized spacial score (nSPS) is 10.7. The Labute approximate surface area is 175 Å². The highest BCUT2D eigenvalue weighted by molar-refractivity contribution is 5.74. The van der Waals surface area contributed by atoms with Crippen LogP contribution in [0, 0.1) is 0 Å². The maximum Gasteiger partial charge on any atom is 0.150 e. The van der Waals surface area contributed by atoms with Gasteiger partial charge < -0.3 is 14.2 Å². The minimum absolute atomic E-state index is 0.466. The predicted molar refractivity (Wildman–Crippen MR) is 117 cm³/mol. The Morgan fingerprint density at radius 2 is 1.24 bits per heavy atom. The van der Waals surface area contributed by atoms with E-state index in [-0.39, 0.29) is 0 Å². The summed E-state index contributed by atoms with van der Waals surface area (Å²) in [4.78, 5) is 10.6. The molecule has 0 spiro atoms. The molecule has 0 aliphatic carbocycles. The molecule has 0 radical (unpaired) electrons. The molecule has 2 aromatic carbocycles. The molecule has 4 nitrogen and oxygen atoms in total. The fourth-order valence-corrected chi connectivity index (χ4v) is 3.04. The van der Waals surface area contributed by atoms with Crippen LogP contribution < -0.4 is 9.47 Å². The Morgan fingerprint density at radius 3 is 1.83 bits per heavy atom. The summed E-state index contributed by atoms with van der Waals surface area (Å²) in [6.45, 7) is 4.25. The number of ether oxygens (including phenoxy) is 3. The second-order valence-corrected chi connectivity index (χ2v) is 7.16. The molecule has 0 fully saturated rings. The molecular formula is C25H34O4. The standard InChI is InChI=1S/C25H34O4/c1-2-3-4-5-6-7-8-22-9-13-24(14-10-22)28-19-17-27-18-20-29-25-15-11-23(21-26)12-16-25/h9-16,21H,2-8,17-20H2,1H3. The van der Waals surface area contributed by atoms with Crippen molar-refractivity contribution in [3.8, 4) is 11.5 Å². The Balaban J connectivity index is 1.48. The molecular weight excluding hydrogens is 364 g/mol. The predicted octanol–water partition coefficient (Wildman–Crippen LogP) is 5.88. The van der Waals surface area contributed by atoms with Gasteiger partial charge in [-0.2, -0.15) is 0 Å². The quantitative estimate of drug-likeness (QED) is 0.262. The van der Waals surface area contributed by atoms with Crippen LogP contribution in [0.25, 0.3) is 0 Å². The number of unbranched alkanes of at least 4 members (excludes halogenated alkanes) is 5. The third kappa shape index (κ3) is 10.1. The maximum atomic E-state index is 10.6. The summed E-state index contributed by atoms with van der Waals surface area (Å²) < 4.78 is 16.8. The van der Waals surface area contributed by atoms with E-state index in [1.807, 2.05) is 12.1 Å². The number of aryl methyl sites for hydroxylation is 1. The molecule has 2 aromatic rings. The molecule has 158 valence electrons. The molecule has 0 bridgehead atoms. The Bertz CT molecular complexity index is 664. The van der Waals surface area contributed by atoms with Crippen molar-refractivity contribution in [1.82, 2.24) is 0 Å². The molecule has 0 atom stereocenters. The molecule has 29 heavy (non-hydrogen) atoms. The second-order valence-electron chi connectivity index (χ2n) is 7.16. The first-order valence-corrected chi connectivity index (χ1v) is 10.8. The van der Waals surface area contributed by atoms with Crippen LogP contribution in [-0.2, 0) is 11.2 Å². The van der Waals surface area contributed by atoms with E-state index in [0.29, 0.717) is 32.0 Å². The van der Waals surface area contributed by atoms with Gasteiger partial charge in [0.05, 0.1) is 13.2 Å². The zero-order chi connectivity index (χ0) is 20.6. The van der Waals surface area contributed by atoms with Crippen LogP contribution in [0.3, 0.4) is 0 Å². The fraction of sp³-hybridized carbons (Fsp3) is 0.480. The summed E-state index contributed by atoms with van der Waals surface area (Å²) in [6, 6.07) is 15.4. The number of rotatable bonds is 16. The van der Waals surface area contributed by atoms with E-state index in [0.717, 1.165) is 24.2 Å². The van der Waals surface area contributed by atoms with Gasteiger partial charge in [0.2, 0.25) is 0 Å². The van der Waals surface area contributed by atoms with Crippen LogP contribution in [0.5, 0.6) is 11.5 Å². The number of aldehydes is 1. The highest BCUT2D eigenvalue weighted by atomic mass is 16.5. The fourth-order valence-electron chi connectivity index (χ4n) is 3.04. The minimum atomic E-state index is 0.466. The van der Waals surface area contributed by atoms with Crippen molar-refractivity contribution in [2.45, 2.75) is 51.9 Å². The highest BCUT2D eigenvalue weighted by Crippen LogP contribution is 2.15. The van der Waals surface area contributed by atoms with E-state index >= 15 is 0 Å². The van der Waals surface area contributed by atoms with Gasteiger partial charge in [-0.25, -0.2) is 0 Å². The summed E-state index contributed by atoms with van der Waals surface area (Å²) in [5, 5.41) is 0. The molecule has 0 aliphatic rings. The number of carbonyl (C=O) groups excluding carboxylic acids is 1. The SMILES string of the molecule is CCCCCCCCc1ccc(OCCOCCOc2ccc(C=O)cc2)cc1. The first-order chi connectivity index (χ1) is 14.3. The molecule has 0 heterocycles. The topological polar surface area (TPSA) is 44.8 Å². The number of hydrogen-bond acceptors (Lipinski definition) is 4. The van der Waals surface area contributed by atoms with Crippen LogP contribution in [0.1, 0.15) is 61.4 Å². The average Bonchev–Trinajstić information content (AvgIpc) is 2.77. The number of benzene rings is 2.